The van der Waals surface area contributed by atoms with Crippen LogP contribution in [0.4, 0.5) is 30.2 Å². The van der Waals surface area contributed by atoms with Crippen molar-refractivity contribution in [3.8, 4) is 0 Å². The number of amides is 1. The molecule has 3 aliphatic rings. The van der Waals surface area contributed by atoms with E-state index in [0.717, 1.165) is 56.3 Å². The standard InChI is InChI=1S/C27H31ClF3N5O3/c28-20-3-6-23(7-4-20)35-15-18-13-33(14-19(18)16-35)10-1-2-26(37)34-11-9-22(17-34)32-21-5-8-25(36(38)39)24(12-21)27(29,30)31/h3-8,12,18-19,22,32H,1-2,9-11,13-17H2/t18?,19?,22-/m1/s1. The summed E-state index contributed by atoms with van der Waals surface area (Å²) in [5.41, 5.74) is -0.899. The molecule has 12 heteroatoms. The van der Waals surface area contributed by atoms with E-state index in [0.29, 0.717) is 37.8 Å². The number of nitrogens with one attached hydrogen (secondary N) is 1. The fourth-order valence-corrected chi connectivity index (χ4v) is 6.23. The Morgan fingerprint density at radius 3 is 2.38 bits per heavy atom. The van der Waals surface area contributed by atoms with Crippen molar-refractivity contribution >= 4 is 34.6 Å². The Balaban J connectivity index is 1.04. The number of alkyl halides is 3. The van der Waals surface area contributed by atoms with E-state index in [1.165, 1.54) is 11.8 Å². The van der Waals surface area contributed by atoms with Crippen LogP contribution in [0.15, 0.2) is 42.5 Å². The predicted molar refractivity (Wildman–Crippen MR) is 143 cm³/mol. The second kappa shape index (κ2) is 11.2. The summed E-state index contributed by atoms with van der Waals surface area (Å²) in [7, 11) is 0. The third-order valence-electron chi connectivity index (χ3n) is 8.03. The molecule has 3 heterocycles. The fraction of sp³-hybridized carbons (Fsp3) is 0.519. The molecule has 3 atom stereocenters. The van der Waals surface area contributed by atoms with Crippen molar-refractivity contribution in [3.05, 3.63) is 63.2 Å². The molecular formula is C27H31ClF3N5O3. The largest absolute Gasteiger partial charge is 0.423 e. The molecule has 2 aromatic rings. The van der Waals surface area contributed by atoms with E-state index in [4.69, 9.17) is 11.6 Å². The third-order valence-corrected chi connectivity index (χ3v) is 8.28. The number of nitro benzene ring substituents is 1. The van der Waals surface area contributed by atoms with Crippen molar-refractivity contribution in [1.82, 2.24) is 9.80 Å². The normalized spacial score (nSPS) is 23.3. The van der Waals surface area contributed by atoms with Crippen LogP contribution < -0.4 is 10.2 Å². The van der Waals surface area contributed by atoms with Crippen LogP contribution in [0.5, 0.6) is 0 Å². The summed E-state index contributed by atoms with van der Waals surface area (Å²) in [6, 6.07) is 10.7. The molecule has 0 spiro atoms. The van der Waals surface area contributed by atoms with Gasteiger partial charge in [-0.15, -0.1) is 0 Å². The SMILES string of the molecule is O=C(CCCN1CC2CN(c3ccc(Cl)cc3)CC2C1)N1CC[C@@H](Nc2ccc([N+](=O)[O-])c(C(F)(F)F)c2)C1. The smallest absolute Gasteiger partial charge is 0.380 e. The molecular weight excluding hydrogens is 535 g/mol. The zero-order valence-electron chi connectivity index (χ0n) is 21.4. The minimum atomic E-state index is -4.83. The molecule has 0 aromatic heterocycles. The number of nitrogens with zero attached hydrogens (tertiary/aromatic N) is 4. The first kappa shape index (κ1) is 27.5. The van der Waals surface area contributed by atoms with E-state index >= 15 is 0 Å². The van der Waals surface area contributed by atoms with E-state index in [1.54, 1.807) is 4.90 Å². The minimum Gasteiger partial charge on any atom is -0.380 e. The Bertz CT molecular complexity index is 1200. The van der Waals surface area contributed by atoms with Gasteiger partial charge >= 0.3 is 6.18 Å². The van der Waals surface area contributed by atoms with E-state index in [2.05, 4.69) is 27.2 Å². The van der Waals surface area contributed by atoms with Crippen LogP contribution in [0.1, 0.15) is 24.8 Å². The summed E-state index contributed by atoms with van der Waals surface area (Å²) < 4.78 is 39.8. The van der Waals surface area contributed by atoms with Gasteiger partial charge in [0.15, 0.2) is 0 Å². The monoisotopic (exact) mass is 565 g/mol. The van der Waals surface area contributed by atoms with Gasteiger partial charge in [-0.05, 0) is 67.6 Å². The zero-order valence-corrected chi connectivity index (χ0v) is 22.1. The van der Waals surface area contributed by atoms with Crippen LogP contribution in [0, 0.1) is 22.0 Å². The maximum Gasteiger partial charge on any atom is 0.423 e. The highest BCUT2D eigenvalue weighted by Crippen LogP contribution is 2.38. The quantitative estimate of drug-likeness (QED) is 0.353. The van der Waals surface area contributed by atoms with E-state index in [-0.39, 0.29) is 17.6 Å². The highest BCUT2D eigenvalue weighted by Gasteiger charge is 2.40. The highest BCUT2D eigenvalue weighted by molar-refractivity contribution is 6.30. The number of carbonyl (C=O) groups is 1. The van der Waals surface area contributed by atoms with Crippen molar-refractivity contribution in [3.63, 3.8) is 0 Å². The van der Waals surface area contributed by atoms with Gasteiger partial charge in [-0.2, -0.15) is 13.2 Å². The summed E-state index contributed by atoms with van der Waals surface area (Å²) in [4.78, 5) is 29.3. The molecule has 5 rings (SSSR count). The average molecular weight is 566 g/mol. The molecule has 39 heavy (non-hydrogen) atoms. The second-order valence-electron chi connectivity index (χ2n) is 10.7. The Kier molecular flexibility index (Phi) is 7.91. The van der Waals surface area contributed by atoms with Crippen LogP contribution in [0.3, 0.4) is 0 Å². The molecule has 1 amide bonds. The van der Waals surface area contributed by atoms with Crippen molar-refractivity contribution in [2.75, 3.05) is 56.0 Å². The van der Waals surface area contributed by atoms with Gasteiger partial charge in [0.1, 0.15) is 5.56 Å². The summed E-state index contributed by atoms with van der Waals surface area (Å²) >= 11 is 6.01. The molecule has 210 valence electrons. The van der Waals surface area contributed by atoms with E-state index in [9.17, 15) is 28.1 Å². The van der Waals surface area contributed by atoms with Gasteiger partial charge < -0.3 is 20.0 Å². The highest BCUT2D eigenvalue weighted by atomic mass is 35.5. The number of likely N-dealkylation sites (tertiary alicyclic amines) is 2. The first-order valence-electron chi connectivity index (χ1n) is 13.2. The van der Waals surface area contributed by atoms with Crippen molar-refractivity contribution in [2.24, 2.45) is 11.8 Å². The van der Waals surface area contributed by atoms with Crippen LogP contribution in [0.25, 0.3) is 0 Å². The molecule has 0 bridgehead atoms. The number of fused-ring (bicyclic) bond motifs is 1. The van der Waals surface area contributed by atoms with E-state index < -0.39 is 22.4 Å². The van der Waals surface area contributed by atoms with Gasteiger partial charge in [0.2, 0.25) is 5.91 Å². The van der Waals surface area contributed by atoms with Crippen molar-refractivity contribution < 1.29 is 22.9 Å². The van der Waals surface area contributed by atoms with Gasteiger partial charge in [0.05, 0.1) is 4.92 Å². The first-order valence-corrected chi connectivity index (χ1v) is 13.6. The summed E-state index contributed by atoms with van der Waals surface area (Å²) in [6.07, 6.45) is -3.03. The number of hydrogen-bond acceptors (Lipinski definition) is 6. The maximum atomic E-state index is 13.3. The topological polar surface area (TPSA) is 82.0 Å². The molecule has 8 nitrogen and oxygen atoms in total. The molecule has 2 unspecified atom stereocenters. The van der Waals surface area contributed by atoms with Crippen LogP contribution in [0.2, 0.25) is 5.02 Å². The van der Waals surface area contributed by atoms with Gasteiger partial charge in [0, 0.05) is 74.2 Å². The van der Waals surface area contributed by atoms with Gasteiger partial charge in [0.25, 0.3) is 5.69 Å². The van der Waals surface area contributed by atoms with Gasteiger partial charge in [-0.3, -0.25) is 14.9 Å². The molecule has 0 aliphatic carbocycles. The summed E-state index contributed by atoms with van der Waals surface area (Å²) in [5.74, 6) is 1.30. The van der Waals surface area contributed by atoms with E-state index in [1.807, 2.05) is 12.1 Å². The molecule has 2 aromatic carbocycles. The lowest BCUT2D eigenvalue weighted by Crippen LogP contribution is -2.33. The Labute approximate surface area is 229 Å². The van der Waals surface area contributed by atoms with Crippen molar-refractivity contribution in [1.29, 1.82) is 0 Å². The number of carbonyl (C=O) groups excluding carboxylic acids is 1. The average Bonchev–Trinajstić information content (AvgIpc) is 3.59. The Morgan fingerprint density at radius 1 is 1.05 bits per heavy atom. The lowest BCUT2D eigenvalue weighted by molar-refractivity contribution is -0.388. The predicted octanol–water partition coefficient (Wildman–Crippen LogP) is 5.13. The van der Waals surface area contributed by atoms with Gasteiger partial charge in [-0.25, -0.2) is 0 Å². The molecule has 3 aliphatic heterocycles. The van der Waals surface area contributed by atoms with Gasteiger partial charge in [-0.1, -0.05) is 11.6 Å². The molecule has 1 N–H and O–H groups in total. The summed E-state index contributed by atoms with van der Waals surface area (Å²) in [6.45, 7) is 5.93. The number of halogens is 4. The molecule has 0 saturated carbocycles. The number of hydrogen-bond donors (Lipinski definition) is 1. The Morgan fingerprint density at radius 2 is 1.74 bits per heavy atom. The Hall–Kier alpha value is -3.05. The summed E-state index contributed by atoms with van der Waals surface area (Å²) in [5, 5.41) is 14.7. The van der Waals surface area contributed by atoms with Crippen LogP contribution in [-0.2, 0) is 11.0 Å². The number of benzene rings is 2. The molecule has 3 saturated heterocycles. The fourth-order valence-electron chi connectivity index (χ4n) is 6.10. The van der Waals surface area contributed by atoms with Crippen LogP contribution in [-0.4, -0.2) is 72.5 Å². The second-order valence-corrected chi connectivity index (χ2v) is 11.2. The lowest BCUT2D eigenvalue weighted by Gasteiger charge is -2.23. The maximum absolute atomic E-state index is 13.3. The lowest BCUT2D eigenvalue weighted by atomic mass is 10.0. The first-order chi connectivity index (χ1) is 18.6. The molecule has 0 radical (unpaired) electrons. The number of nitro groups is 1. The zero-order chi connectivity index (χ0) is 27.7. The van der Waals surface area contributed by atoms with Crippen molar-refractivity contribution in [2.45, 2.75) is 31.5 Å². The number of rotatable bonds is 8. The molecule has 3 fully saturated rings. The minimum absolute atomic E-state index is 0.0484. The number of anilines is 2. The van der Waals surface area contributed by atoms with Crippen LogP contribution >= 0.6 is 11.6 Å². The third kappa shape index (κ3) is 6.41.